The Kier molecular flexibility index (Phi) is 4.72. The van der Waals surface area contributed by atoms with Crippen LogP contribution in [0.15, 0.2) is 42.5 Å². The molecule has 2 aromatic rings. The number of carbonyl (C=O) groups is 2. The van der Waals surface area contributed by atoms with Crippen molar-refractivity contribution in [3.8, 4) is 0 Å². The highest BCUT2D eigenvalue weighted by Crippen LogP contribution is 2.34. The van der Waals surface area contributed by atoms with Gasteiger partial charge in [0.15, 0.2) is 5.60 Å². The number of amides is 1. The number of esters is 1. The maximum Gasteiger partial charge on any atom is 0.416 e. The van der Waals surface area contributed by atoms with Crippen molar-refractivity contribution in [2.45, 2.75) is 25.1 Å². The topological polar surface area (TPSA) is 55.4 Å². The smallest absolute Gasteiger partial charge is 0.416 e. The van der Waals surface area contributed by atoms with Crippen LogP contribution >= 0.6 is 22.6 Å². The minimum Gasteiger partial charge on any atom is -0.445 e. The quantitative estimate of drug-likeness (QED) is 0.517. The van der Waals surface area contributed by atoms with Crippen LogP contribution in [0.1, 0.15) is 28.4 Å². The van der Waals surface area contributed by atoms with Gasteiger partial charge < -0.3 is 10.1 Å². The van der Waals surface area contributed by atoms with Crippen molar-refractivity contribution in [1.82, 2.24) is 0 Å². The molecule has 2 aromatic carbocycles. The van der Waals surface area contributed by atoms with Crippen molar-refractivity contribution in [3.63, 3.8) is 0 Å². The van der Waals surface area contributed by atoms with Crippen LogP contribution in [0.25, 0.3) is 0 Å². The van der Waals surface area contributed by atoms with Gasteiger partial charge in [0, 0.05) is 9.99 Å². The molecule has 1 unspecified atom stereocenters. The monoisotopic (exact) mass is 475 g/mol. The highest BCUT2D eigenvalue weighted by molar-refractivity contribution is 14.1. The number of alkyl halides is 3. The highest BCUT2D eigenvalue weighted by Gasteiger charge is 2.43. The maximum absolute atomic E-state index is 12.9. The molecular weight excluding hydrogens is 462 g/mol. The van der Waals surface area contributed by atoms with Gasteiger partial charge >= 0.3 is 12.1 Å². The molecule has 136 valence electrons. The second-order valence-corrected chi connectivity index (χ2v) is 7.26. The van der Waals surface area contributed by atoms with Gasteiger partial charge in [0.1, 0.15) is 0 Å². The van der Waals surface area contributed by atoms with Crippen LogP contribution in [-0.4, -0.2) is 17.5 Å². The standard InChI is InChI=1S/C18H13F3INO3/c1-17(9-10-4-2-3-5-12(10)15(24)26-17)16(25)23-14-8-11(18(19,20)21)6-7-13(14)22/h2-8H,9H2,1H3,(H,23,25). The molecule has 1 aliphatic heterocycles. The fourth-order valence-corrected chi connectivity index (χ4v) is 3.18. The molecule has 0 saturated heterocycles. The highest BCUT2D eigenvalue weighted by atomic mass is 127. The lowest BCUT2D eigenvalue weighted by Crippen LogP contribution is -2.49. The van der Waals surface area contributed by atoms with E-state index < -0.39 is 29.2 Å². The Balaban J connectivity index is 1.88. The van der Waals surface area contributed by atoms with Gasteiger partial charge in [-0.1, -0.05) is 18.2 Å². The number of halogens is 4. The molecule has 4 nitrogen and oxygen atoms in total. The molecule has 0 spiro atoms. The van der Waals surface area contributed by atoms with E-state index in [1.54, 1.807) is 24.3 Å². The number of cyclic esters (lactones) is 1. The molecule has 0 aromatic heterocycles. The number of hydrogen-bond acceptors (Lipinski definition) is 3. The summed E-state index contributed by atoms with van der Waals surface area (Å²) >= 11 is 1.83. The number of carbonyl (C=O) groups excluding carboxylic acids is 2. The van der Waals surface area contributed by atoms with Crippen molar-refractivity contribution in [3.05, 3.63) is 62.7 Å². The van der Waals surface area contributed by atoms with E-state index in [0.717, 1.165) is 12.1 Å². The largest absolute Gasteiger partial charge is 0.445 e. The van der Waals surface area contributed by atoms with Gasteiger partial charge in [-0.3, -0.25) is 4.79 Å². The maximum atomic E-state index is 12.9. The SMILES string of the molecule is CC1(C(=O)Nc2cc(C(F)(F)F)ccc2I)Cc2ccccc2C(=O)O1. The van der Waals surface area contributed by atoms with Crippen LogP contribution in [0.3, 0.4) is 0 Å². The number of rotatable bonds is 2. The summed E-state index contributed by atoms with van der Waals surface area (Å²) in [5, 5.41) is 2.46. The van der Waals surface area contributed by atoms with Gasteiger partial charge in [-0.25, -0.2) is 4.79 Å². The Morgan fingerprint density at radius 2 is 1.92 bits per heavy atom. The molecule has 3 rings (SSSR count). The third kappa shape index (κ3) is 3.55. The van der Waals surface area contributed by atoms with Gasteiger partial charge in [0.05, 0.1) is 16.8 Å². The Hall–Kier alpha value is -2.10. The molecule has 0 aliphatic carbocycles. The number of fused-ring (bicyclic) bond motifs is 1. The second-order valence-electron chi connectivity index (χ2n) is 6.10. The van der Waals surface area contributed by atoms with Crippen molar-refractivity contribution in [2.24, 2.45) is 0 Å². The lowest BCUT2D eigenvalue weighted by molar-refractivity contribution is -0.137. The summed E-state index contributed by atoms with van der Waals surface area (Å²) in [6, 6.07) is 9.82. The molecule has 1 amide bonds. The first-order valence-electron chi connectivity index (χ1n) is 7.59. The van der Waals surface area contributed by atoms with Gasteiger partial charge in [0.25, 0.3) is 5.91 Å². The zero-order chi connectivity index (χ0) is 19.1. The van der Waals surface area contributed by atoms with Gasteiger partial charge in [-0.15, -0.1) is 0 Å². The first-order chi connectivity index (χ1) is 12.1. The molecule has 0 saturated carbocycles. The Morgan fingerprint density at radius 3 is 2.62 bits per heavy atom. The first kappa shape index (κ1) is 18.7. The summed E-state index contributed by atoms with van der Waals surface area (Å²) < 4.78 is 44.4. The van der Waals surface area contributed by atoms with E-state index in [0.29, 0.717) is 14.7 Å². The lowest BCUT2D eigenvalue weighted by atomic mass is 9.89. The molecule has 0 radical (unpaired) electrons. The lowest BCUT2D eigenvalue weighted by Gasteiger charge is -2.33. The normalized spacial score (nSPS) is 19.5. The summed E-state index contributed by atoms with van der Waals surface area (Å²) in [5.41, 5.74) is -1.33. The van der Waals surface area contributed by atoms with E-state index in [-0.39, 0.29) is 12.1 Å². The van der Waals surface area contributed by atoms with Gasteiger partial charge in [-0.2, -0.15) is 13.2 Å². The van der Waals surface area contributed by atoms with E-state index in [1.165, 1.54) is 13.0 Å². The summed E-state index contributed by atoms with van der Waals surface area (Å²) in [6.45, 7) is 1.44. The number of benzene rings is 2. The van der Waals surface area contributed by atoms with E-state index >= 15 is 0 Å². The van der Waals surface area contributed by atoms with Crippen LogP contribution in [0.4, 0.5) is 18.9 Å². The molecule has 1 N–H and O–H groups in total. The summed E-state index contributed by atoms with van der Waals surface area (Å²) in [5.74, 6) is -1.32. The Bertz CT molecular complexity index is 897. The number of hydrogen-bond donors (Lipinski definition) is 1. The first-order valence-corrected chi connectivity index (χ1v) is 8.67. The van der Waals surface area contributed by atoms with Crippen LogP contribution in [0, 0.1) is 3.57 Å². The van der Waals surface area contributed by atoms with Crippen LogP contribution in [0.5, 0.6) is 0 Å². The summed E-state index contributed by atoms with van der Waals surface area (Å²) in [6.07, 6.45) is -4.39. The molecular formula is C18H13F3INO3. The molecule has 0 fully saturated rings. The van der Waals surface area contributed by atoms with Crippen molar-refractivity contribution in [2.75, 3.05) is 5.32 Å². The number of ether oxygens (including phenoxy) is 1. The summed E-state index contributed by atoms with van der Waals surface area (Å²) in [4.78, 5) is 24.8. The van der Waals surface area contributed by atoms with Gasteiger partial charge in [-0.05, 0) is 59.3 Å². The summed E-state index contributed by atoms with van der Waals surface area (Å²) in [7, 11) is 0. The number of anilines is 1. The van der Waals surface area contributed by atoms with E-state index in [2.05, 4.69) is 5.32 Å². The Labute approximate surface area is 160 Å². The molecule has 1 heterocycles. The predicted octanol–water partition coefficient (Wildman–Crippen LogP) is 4.42. The van der Waals surface area contributed by atoms with E-state index in [1.807, 2.05) is 22.6 Å². The van der Waals surface area contributed by atoms with Crippen LogP contribution < -0.4 is 5.32 Å². The average Bonchev–Trinajstić information content (AvgIpc) is 2.55. The third-order valence-corrected chi connectivity index (χ3v) is 5.05. The zero-order valence-corrected chi connectivity index (χ0v) is 15.6. The minimum absolute atomic E-state index is 0.0153. The van der Waals surface area contributed by atoms with Crippen LogP contribution in [-0.2, 0) is 22.1 Å². The fourth-order valence-electron chi connectivity index (χ4n) is 2.71. The van der Waals surface area contributed by atoms with Crippen molar-refractivity contribution < 1.29 is 27.5 Å². The minimum atomic E-state index is -4.52. The molecule has 1 atom stereocenters. The molecule has 26 heavy (non-hydrogen) atoms. The van der Waals surface area contributed by atoms with Crippen molar-refractivity contribution >= 4 is 40.2 Å². The third-order valence-electron chi connectivity index (χ3n) is 4.11. The number of nitrogens with one attached hydrogen (secondary N) is 1. The molecule has 0 bridgehead atoms. The zero-order valence-electron chi connectivity index (χ0n) is 13.5. The average molecular weight is 475 g/mol. The second kappa shape index (κ2) is 6.57. The van der Waals surface area contributed by atoms with Gasteiger partial charge in [0.2, 0.25) is 0 Å². The van der Waals surface area contributed by atoms with Crippen LogP contribution in [0.2, 0.25) is 0 Å². The van der Waals surface area contributed by atoms with E-state index in [4.69, 9.17) is 4.74 Å². The predicted molar refractivity (Wildman–Crippen MR) is 96.8 cm³/mol. The fraction of sp³-hybridized carbons (Fsp3) is 0.222. The van der Waals surface area contributed by atoms with Crippen molar-refractivity contribution in [1.29, 1.82) is 0 Å². The van der Waals surface area contributed by atoms with E-state index in [9.17, 15) is 22.8 Å². The molecule has 1 aliphatic rings. The Morgan fingerprint density at radius 1 is 1.23 bits per heavy atom. The molecule has 8 heteroatoms.